The molecule has 1 N–H and O–H groups in total. The summed E-state index contributed by atoms with van der Waals surface area (Å²) in [4.78, 5) is 6.63. The monoisotopic (exact) mass is 418 g/mol. The van der Waals surface area contributed by atoms with E-state index in [1.807, 2.05) is 0 Å². The van der Waals surface area contributed by atoms with Crippen LogP contribution < -0.4 is 5.32 Å². The molecule has 2 aliphatic rings. The first-order valence-electron chi connectivity index (χ1n) is 10.6. The molecule has 1 atom stereocenters. The Hall–Kier alpha value is -0.900. The van der Waals surface area contributed by atoms with E-state index in [1.165, 1.54) is 17.1 Å². The van der Waals surface area contributed by atoms with E-state index in [0.717, 1.165) is 51.3 Å². The van der Waals surface area contributed by atoms with Crippen LogP contribution in [0.15, 0.2) is 4.99 Å². The lowest BCUT2D eigenvalue weighted by Crippen LogP contribution is -2.47. The molecule has 0 radical (unpaired) electrons. The average Bonchev–Trinajstić information content (AvgIpc) is 2.73. The first kappa shape index (κ1) is 23.4. The van der Waals surface area contributed by atoms with E-state index in [0.29, 0.717) is 25.8 Å². The molecule has 0 aromatic heterocycles. The van der Waals surface area contributed by atoms with Gasteiger partial charge in [-0.3, -0.25) is 4.99 Å². The molecule has 0 amide bonds. The van der Waals surface area contributed by atoms with Crippen molar-refractivity contribution in [2.24, 2.45) is 4.99 Å². The molecule has 0 saturated carbocycles. The van der Waals surface area contributed by atoms with E-state index >= 15 is 0 Å². The van der Waals surface area contributed by atoms with Gasteiger partial charge in [0.25, 0.3) is 0 Å². The number of hydrogen-bond acceptors (Lipinski definition) is 5. The number of ether oxygens (including phenoxy) is 2. The molecule has 164 valence electrons. The van der Waals surface area contributed by atoms with Crippen LogP contribution in [0.2, 0.25) is 0 Å². The fourth-order valence-electron chi connectivity index (χ4n) is 3.61. The number of rotatable bonds is 9. The van der Waals surface area contributed by atoms with Gasteiger partial charge in [0.2, 0.25) is 10.0 Å². The normalized spacial score (nSPS) is 22.6. The number of hydrogen-bond donors (Lipinski definition) is 1. The van der Waals surface area contributed by atoms with Gasteiger partial charge >= 0.3 is 0 Å². The Morgan fingerprint density at radius 2 is 2.04 bits per heavy atom. The van der Waals surface area contributed by atoms with Gasteiger partial charge in [-0.1, -0.05) is 0 Å². The summed E-state index contributed by atoms with van der Waals surface area (Å²) in [5.74, 6) is 1.03. The average molecular weight is 419 g/mol. The van der Waals surface area contributed by atoms with Crippen LogP contribution in [-0.2, 0) is 19.5 Å². The maximum Gasteiger partial charge on any atom is 0.213 e. The lowest BCUT2D eigenvalue weighted by Gasteiger charge is -2.35. The number of nitrogens with zero attached hydrogens (tertiary/aromatic N) is 3. The fourth-order valence-corrected chi connectivity index (χ4v) is 4.46. The van der Waals surface area contributed by atoms with Gasteiger partial charge in [-0.2, -0.15) is 0 Å². The minimum Gasteiger partial charge on any atom is -0.376 e. The molecule has 9 heteroatoms. The van der Waals surface area contributed by atoms with Gasteiger partial charge < -0.3 is 19.7 Å². The number of piperidine rings is 1. The van der Waals surface area contributed by atoms with E-state index in [-0.39, 0.29) is 11.9 Å². The van der Waals surface area contributed by atoms with Gasteiger partial charge in [0.1, 0.15) is 0 Å². The van der Waals surface area contributed by atoms with E-state index in [1.54, 1.807) is 21.0 Å². The standard InChI is InChI=1S/C19H38N4O4S/c1-4-28(24,25)22(3)12-7-11-21-19(20-2)23-13-9-17(10-14-23)27-16-18-8-5-6-15-26-18/h17-18H,4-16H2,1-3H3,(H,20,21). The molecule has 2 heterocycles. The van der Waals surface area contributed by atoms with Gasteiger partial charge in [0.15, 0.2) is 5.96 Å². The summed E-state index contributed by atoms with van der Waals surface area (Å²) in [7, 11) is 0.324. The van der Waals surface area contributed by atoms with Crippen molar-refractivity contribution in [3.05, 3.63) is 0 Å². The third kappa shape index (κ3) is 7.50. The number of guanidine groups is 1. The Labute approximate surface area is 170 Å². The summed E-state index contributed by atoms with van der Waals surface area (Å²) in [5, 5.41) is 3.36. The SMILES string of the molecule is CCS(=O)(=O)N(C)CCCNC(=NC)N1CCC(OCC2CCCCO2)CC1. The first-order valence-corrected chi connectivity index (χ1v) is 12.2. The molecule has 2 aliphatic heterocycles. The second kappa shape index (κ2) is 11.9. The molecule has 0 aliphatic carbocycles. The van der Waals surface area contributed by atoms with Gasteiger partial charge in [-0.15, -0.1) is 0 Å². The van der Waals surface area contributed by atoms with Crippen molar-refractivity contribution in [3.63, 3.8) is 0 Å². The molecule has 8 nitrogen and oxygen atoms in total. The molecular weight excluding hydrogens is 380 g/mol. The molecule has 0 spiro atoms. The summed E-state index contributed by atoms with van der Waals surface area (Å²) in [6.07, 6.45) is 6.83. The molecular formula is C19H38N4O4S. The Morgan fingerprint density at radius 1 is 1.29 bits per heavy atom. The summed E-state index contributed by atoms with van der Waals surface area (Å²) in [6.45, 7) is 6.30. The van der Waals surface area contributed by atoms with Crippen LogP contribution in [0, 0.1) is 0 Å². The Morgan fingerprint density at radius 3 is 2.64 bits per heavy atom. The quantitative estimate of drug-likeness (QED) is 0.345. The predicted octanol–water partition coefficient (Wildman–Crippen LogP) is 1.28. The Kier molecular flexibility index (Phi) is 9.98. The van der Waals surface area contributed by atoms with Crippen molar-refractivity contribution in [2.75, 3.05) is 59.2 Å². The van der Waals surface area contributed by atoms with Crippen molar-refractivity contribution in [2.45, 2.75) is 57.7 Å². The maximum atomic E-state index is 11.8. The summed E-state index contributed by atoms with van der Waals surface area (Å²) < 4.78 is 36.8. The van der Waals surface area contributed by atoms with Crippen LogP contribution in [0.3, 0.4) is 0 Å². The van der Waals surface area contributed by atoms with Crippen molar-refractivity contribution < 1.29 is 17.9 Å². The third-order valence-corrected chi connectivity index (χ3v) is 7.38. The second-order valence-corrected chi connectivity index (χ2v) is 9.92. The largest absolute Gasteiger partial charge is 0.376 e. The first-order chi connectivity index (χ1) is 13.5. The molecule has 28 heavy (non-hydrogen) atoms. The minimum absolute atomic E-state index is 0.141. The highest BCUT2D eigenvalue weighted by atomic mass is 32.2. The zero-order valence-corrected chi connectivity index (χ0v) is 18.5. The lowest BCUT2D eigenvalue weighted by atomic mass is 10.1. The van der Waals surface area contributed by atoms with E-state index in [4.69, 9.17) is 9.47 Å². The Bertz CT molecular complexity index is 570. The highest BCUT2D eigenvalue weighted by molar-refractivity contribution is 7.89. The predicted molar refractivity (Wildman–Crippen MR) is 112 cm³/mol. The van der Waals surface area contributed by atoms with E-state index in [2.05, 4.69) is 15.2 Å². The van der Waals surface area contributed by atoms with Crippen molar-refractivity contribution in [1.82, 2.24) is 14.5 Å². The number of nitrogens with one attached hydrogen (secondary N) is 1. The molecule has 0 aromatic carbocycles. The van der Waals surface area contributed by atoms with Crippen LogP contribution in [-0.4, -0.2) is 95.0 Å². The maximum absolute atomic E-state index is 11.8. The second-order valence-electron chi connectivity index (χ2n) is 7.56. The van der Waals surface area contributed by atoms with Crippen LogP contribution >= 0.6 is 0 Å². The molecule has 1 unspecified atom stereocenters. The van der Waals surface area contributed by atoms with Crippen LogP contribution in [0.5, 0.6) is 0 Å². The molecule has 0 aromatic rings. The van der Waals surface area contributed by atoms with Gasteiger partial charge in [-0.25, -0.2) is 12.7 Å². The van der Waals surface area contributed by atoms with Crippen LogP contribution in [0.1, 0.15) is 45.4 Å². The Balaban J connectivity index is 1.63. The molecule has 0 bridgehead atoms. The van der Waals surface area contributed by atoms with Crippen LogP contribution in [0.4, 0.5) is 0 Å². The zero-order chi connectivity index (χ0) is 20.4. The highest BCUT2D eigenvalue weighted by Gasteiger charge is 2.23. The van der Waals surface area contributed by atoms with Crippen molar-refractivity contribution in [3.8, 4) is 0 Å². The molecule has 2 saturated heterocycles. The lowest BCUT2D eigenvalue weighted by molar-refractivity contribution is -0.0721. The summed E-state index contributed by atoms with van der Waals surface area (Å²) >= 11 is 0. The van der Waals surface area contributed by atoms with Gasteiger partial charge in [0, 0.05) is 46.9 Å². The van der Waals surface area contributed by atoms with Crippen molar-refractivity contribution >= 4 is 16.0 Å². The smallest absolute Gasteiger partial charge is 0.213 e. The fraction of sp³-hybridized carbons (Fsp3) is 0.947. The number of sulfonamides is 1. The van der Waals surface area contributed by atoms with Crippen LogP contribution in [0.25, 0.3) is 0 Å². The molecule has 2 rings (SSSR count). The van der Waals surface area contributed by atoms with Gasteiger partial charge in [-0.05, 0) is 45.4 Å². The topological polar surface area (TPSA) is 83.5 Å². The minimum atomic E-state index is -3.10. The van der Waals surface area contributed by atoms with Gasteiger partial charge in [0.05, 0.1) is 24.6 Å². The number of aliphatic imine (C=N–C) groups is 1. The third-order valence-electron chi connectivity index (χ3n) is 5.52. The van der Waals surface area contributed by atoms with Crippen molar-refractivity contribution in [1.29, 1.82) is 0 Å². The highest BCUT2D eigenvalue weighted by Crippen LogP contribution is 2.17. The summed E-state index contributed by atoms with van der Waals surface area (Å²) in [5.41, 5.74) is 0. The summed E-state index contributed by atoms with van der Waals surface area (Å²) in [6, 6.07) is 0. The van der Waals surface area contributed by atoms with E-state index in [9.17, 15) is 8.42 Å². The van der Waals surface area contributed by atoms with E-state index < -0.39 is 10.0 Å². The molecule has 2 fully saturated rings. The number of likely N-dealkylation sites (tertiary alicyclic amines) is 1. The zero-order valence-electron chi connectivity index (χ0n) is 17.7.